The van der Waals surface area contributed by atoms with Crippen LogP contribution in [-0.4, -0.2) is 59.4 Å². The second-order valence-electron chi connectivity index (χ2n) is 8.65. The molecular formula is C25H29N5O5. The number of ether oxygens (including phenoxy) is 4. The average molecular weight is 480 g/mol. The second-order valence-corrected chi connectivity index (χ2v) is 8.65. The van der Waals surface area contributed by atoms with Crippen molar-refractivity contribution in [2.24, 2.45) is 0 Å². The van der Waals surface area contributed by atoms with Crippen molar-refractivity contribution < 1.29 is 23.7 Å². The summed E-state index contributed by atoms with van der Waals surface area (Å²) in [5.74, 6) is 1.45. The summed E-state index contributed by atoms with van der Waals surface area (Å²) >= 11 is 0. The largest absolute Gasteiger partial charge is 0.491 e. The minimum Gasteiger partial charge on any atom is -0.491 e. The first-order valence-electron chi connectivity index (χ1n) is 11.7. The molecule has 10 nitrogen and oxygen atoms in total. The summed E-state index contributed by atoms with van der Waals surface area (Å²) in [7, 11) is 3.11. The van der Waals surface area contributed by atoms with Gasteiger partial charge >= 0.3 is 0 Å². The number of aromatic nitrogens is 4. The fraction of sp³-hybridized carbons (Fsp3) is 0.440. The molecule has 184 valence electrons. The summed E-state index contributed by atoms with van der Waals surface area (Å²) in [4.78, 5) is 24.1. The Kier molecular flexibility index (Phi) is 6.40. The molecule has 1 amide bonds. The summed E-state index contributed by atoms with van der Waals surface area (Å²) in [6.45, 7) is 6.37. The molecule has 0 unspecified atom stereocenters. The Morgan fingerprint density at radius 3 is 2.66 bits per heavy atom. The third-order valence-corrected chi connectivity index (χ3v) is 6.30. The van der Waals surface area contributed by atoms with Crippen LogP contribution in [0.1, 0.15) is 40.2 Å². The van der Waals surface area contributed by atoms with Crippen molar-refractivity contribution in [3.05, 3.63) is 46.9 Å². The molecule has 1 fully saturated rings. The lowest BCUT2D eigenvalue weighted by atomic mass is 10.1. The maximum atomic E-state index is 13.3. The number of nitrogens with zero attached hydrogens (tertiary/aromatic N) is 5. The van der Waals surface area contributed by atoms with Gasteiger partial charge in [0.25, 0.3) is 11.8 Å². The van der Waals surface area contributed by atoms with Gasteiger partial charge in [-0.05, 0) is 38.0 Å². The Labute approximate surface area is 203 Å². The number of carbonyl (C=O) groups is 1. The normalized spacial score (nSPS) is 16.0. The molecule has 0 atom stereocenters. The summed E-state index contributed by atoms with van der Waals surface area (Å²) in [5.41, 5.74) is 4.68. The topological polar surface area (TPSA) is 101 Å². The van der Waals surface area contributed by atoms with E-state index in [-0.39, 0.29) is 12.2 Å². The number of rotatable bonds is 7. The molecule has 2 aliphatic rings. The molecule has 2 aliphatic heterocycles. The fourth-order valence-electron chi connectivity index (χ4n) is 4.49. The highest BCUT2D eigenvalue weighted by Gasteiger charge is 2.33. The Bertz CT molecular complexity index is 1250. The van der Waals surface area contributed by atoms with Gasteiger partial charge in [-0.3, -0.25) is 19.4 Å². The molecule has 0 spiro atoms. The zero-order valence-electron chi connectivity index (χ0n) is 20.4. The summed E-state index contributed by atoms with van der Waals surface area (Å²) in [6.07, 6.45) is 3.12. The van der Waals surface area contributed by atoms with Crippen LogP contribution in [0.5, 0.6) is 11.6 Å². The number of pyridine rings is 2. The monoisotopic (exact) mass is 479 g/mol. The van der Waals surface area contributed by atoms with Crippen molar-refractivity contribution in [3.63, 3.8) is 0 Å². The van der Waals surface area contributed by atoms with E-state index in [0.29, 0.717) is 42.5 Å². The smallest absolute Gasteiger partial charge is 0.262 e. The lowest BCUT2D eigenvalue weighted by molar-refractivity contribution is -0.182. The van der Waals surface area contributed by atoms with E-state index in [2.05, 4.69) is 4.98 Å². The zero-order chi connectivity index (χ0) is 24.5. The lowest BCUT2D eigenvalue weighted by Crippen LogP contribution is -2.26. The van der Waals surface area contributed by atoms with E-state index in [1.54, 1.807) is 25.3 Å². The highest BCUT2D eigenvalue weighted by atomic mass is 16.7. The highest BCUT2D eigenvalue weighted by Crippen LogP contribution is 2.34. The first kappa shape index (κ1) is 23.3. The molecule has 10 heteroatoms. The molecule has 0 N–H and O–H groups in total. The van der Waals surface area contributed by atoms with Crippen molar-refractivity contribution in [2.75, 3.05) is 32.3 Å². The number of fused-ring (bicyclic) bond motifs is 1. The van der Waals surface area contributed by atoms with E-state index in [0.717, 1.165) is 47.8 Å². The molecule has 35 heavy (non-hydrogen) atoms. The Morgan fingerprint density at radius 2 is 1.91 bits per heavy atom. The molecule has 0 saturated carbocycles. The van der Waals surface area contributed by atoms with Gasteiger partial charge in [0.2, 0.25) is 0 Å². The van der Waals surface area contributed by atoms with Crippen molar-refractivity contribution in [1.82, 2.24) is 19.7 Å². The van der Waals surface area contributed by atoms with Gasteiger partial charge in [-0.2, -0.15) is 5.10 Å². The van der Waals surface area contributed by atoms with Crippen molar-refractivity contribution in [3.8, 4) is 22.9 Å². The number of hydrogen-bond acceptors (Lipinski definition) is 8. The van der Waals surface area contributed by atoms with E-state index in [1.165, 1.54) is 0 Å². The van der Waals surface area contributed by atoms with Crippen molar-refractivity contribution in [2.45, 2.75) is 46.1 Å². The molecular weight excluding hydrogens is 450 g/mol. The molecule has 5 heterocycles. The quantitative estimate of drug-likeness (QED) is 0.509. The van der Waals surface area contributed by atoms with Crippen LogP contribution < -0.4 is 14.4 Å². The zero-order valence-corrected chi connectivity index (χ0v) is 20.4. The number of hydrogen-bond donors (Lipinski definition) is 0. The van der Waals surface area contributed by atoms with Crippen molar-refractivity contribution >= 4 is 11.7 Å². The Balaban J connectivity index is 1.37. The summed E-state index contributed by atoms with van der Waals surface area (Å²) < 4.78 is 23.8. The van der Waals surface area contributed by atoms with Gasteiger partial charge in [-0.15, -0.1) is 0 Å². The van der Waals surface area contributed by atoms with E-state index in [1.807, 2.05) is 36.7 Å². The first-order valence-corrected chi connectivity index (χ1v) is 11.7. The predicted molar refractivity (Wildman–Crippen MR) is 128 cm³/mol. The number of aryl methyl sites for hydroxylation is 3. The molecule has 3 aromatic heterocycles. The third-order valence-electron chi connectivity index (χ3n) is 6.30. The standard InChI is InChI=1S/C25H29N5O5/c1-15-10-18(17-12-20(32-3)24(33-4)26-13-17)27-19-14-29(25(31)23(15)19)21-11-16(2)30(28-21)7-6-22-34-8-5-9-35-22/h10-13,22H,5-9,14H2,1-4H3. The van der Waals surface area contributed by atoms with Gasteiger partial charge in [0.15, 0.2) is 17.9 Å². The minimum absolute atomic E-state index is 0.0921. The van der Waals surface area contributed by atoms with E-state index in [4.69, 9.17) is 29.0 Å². The minimum atomic E-state index is -0.204. The van der Waals surface area contributed by atoms with Crippen LogP contribution in [0.15, 0.2) is 24.4 Å². The summed E-state index contributed by atoms with van der Waals surface area (Å²) in [5, 5.41) is 4.70. The van der Waals surface area contributed by atoms with Gasteiger partial charge in [0, 0.05) is 36.5 Å². The van der Waals surface area contributed by atoms with E-state index < -0.39 is 0 Å². The number of carbonyl (C=O) groups excluding carboxylic acids is 1. The van der Waals surface area contributed by atoms with Gasteiger partial charge in [0.05, 0.1) is 50.9 Å². The van der Waals surface area contributed by atoms with Crippen LogP contribution in [0.25, 0.3) is 11.3 Å². The van der Waals surface area contributed by atoms with Crippen LogP contribution >= 0.6 is 0 Å². The molecule has 5 rings (SSSR count). The lowest BCUT2D eigenvalue weighted by Gasteiger charge is -2.23. The third kappa shape index (κ3) is 4.46. The first-order chi connectivity index (χ1) is 17.0. The van der Waals surface area contributed by atoms with Crippen LogP contribution in [0.4, 0.5) is 5.82 Å². The Hall–Kier alpha value is -3.50. The maximum Gasteiger partial charge on any atom is 0.262 e. The number of methoxy groups -OCH3 is 2. The molecule has 0 aromatic carbocycles. The van der Waals surface area contributed by atoms with Crippen LogP contribution in [0.2, 0.25) is 0 Å². The van der Waals surface area contributed by atoms with Crippen molar-refractivity contribution in [1.29, 1.82) is 0 Å². The van der Waals surface area contributed by atoms with Crippen LogP contribution in [-0.2, 0) is 22.6 Å². The molecule has 0 bridgehead atoms. The van der Waals surface area contributed by atoms with Gasteiger partial charge in [-0.25, -0.2) is 4.98 Å². The molecule has 0 radical (unpaired) electrons. The van der Waals surface area contributed by atoms with Crippen LogP contribution in [0.3, 0.4) is 0 Å². The number of amides is 1. The van der Waals surface area contributed by atoms with Gasteiger partial charge in [-0.1, -0.05) is 0 Å². The molecule has 1 saturated heterocycles. The van der Waals surface area contributed by atoms with E-state index in [9.17, 15) is 4.79 Å². The molecule has 0 aliphatic carbocycles. The Morgan fingerprint density at radius 1 is 1.11 bits per heavy atom. The van der Waals surface area contributed by atoms with E-state index >= 15 is 0 Å². The second kappa shape index (κ2) is 9.63. The van der Waals surface area contributed by atoms with Crippen LogP contribution in [0, 0.1) is 13.8 Å². The average Bonchev–Trinajstić information content (AvgIpc) is 3.42. The predicted octanol–water partition coefficient (Wildman–Crippen LogP) is 3.29. The highest BCUT2D eigenvalue weighted by molar-refractivity contribution is 6.10. The maximum absolute atomic E-state index is 13.3. The molecule has 3 aromatic rings. The summed E-state index contributed by atoms with van der Waals surface area (Å²) in [6, 6.07) is 5.66. The SMILES string of the molecule is COc1cc(-c2cc(C)c3c(n2)CN(c2cc(C)n(CCC4OCCCO4)n2)C3=O)cnc1OC. The number of anilines is 1. The van der Waals surface area contributed by atoms with Gasteiger partial charge < -0.3 is 18.9 Å². The fourth-order valence-corrected chi connectivity index (χ4v) is 4.49. The van der Waals surface area contributed by atoms with Gasteiger partial charge in [0.1, 0.15) is 0 Å².